The Labute approximate surface area is 217 Å². The molecule has 0 atom stereocenters. The number of carbonyl (C=O) groups is 1. The van der Waals surface area contributed by atoms with Gasteiger partial charge in [0.2, 0.25) is 0 Å². The monoisotopic (exact) mass is 512 g/mol. The summed E-state index contributed by atoms with van der Waals surface area (Å²) in [6, 6.07) is 25.8. The Balaban J connectivity index is 1.50. The second-order valence-electron chi connectivity index (χ2n) is 8.09. The number of benzene rings is 3. The van der Waals surface area contributed by atoms with Gasteiger partial charge >= 0.3 is 0 Å². The number of aromatic nitrogens is 2. The van der Waals surface area contributed by atoms with E-state index in [-0.39, 0.29) is 11.6 Å². The fourth-order valence-corrected chi connectivity index (χ4v) is 5.22. The molecule has 1 aliphatic heterocycles. The molecule has 0 N–H and O–H groups in total. The molecule has 1 aliphatic rings. The van der Waals surface area contributed by atoms with Gasteiger partial charge in [0.15, 0.2) is 0 Å². The molecule has 9 heteroatoms. The highest BCUT2D eigenvalue weighted by Gasteiger charge is 2.32. The smallest absolute Gasteiger partial charge is 0.270 e. The topological polar surface area (TPSA) is 81.3 Å². The first-order valence-corrected chi connectivity index (χ1v) is 12.4. The minimum Gasteiger partial charge on any atom is -0.293 e. The molecule has 5 rings (SSSR count). The van der Waals surface area contributed by atoms with Crippen LogP contribution in [0.25, 0.3) is 23.0 Å². The quantitative estimate of drug-likeness (QED) is 0.133. The van der Waals surface area contributed by atoms with Gasteiger partial charge in [-0.3, -0.25) is 19.8 Å². The van der Waals surface area contributed by atoms with Crippen LogP contribution in [0.3, 0.4) is 0 Å². The van der Waals surface area contributed by atoms with E-state index >= 15 is 0 Å². The van der Waals surface area contributed by atoms with Crippen molar-refractivity contribution < 1.29 is 9.72 Å². The third kappa shape index (κ3) is 4.98. The number of carbonyl (C=O) groups excluding carboxylic acids is 1. The Morgan fingerprint density at radius 2 is 1.72 bits per heavy atom. The Bertz CT molecular complexity index is 1480. The lowest BCUT2D eigenvalue weighted by atomic mass is 10.1. The average molecular weight is 513 g/mol. The second-order valence-corrected chi connectivity index (χ2v) is 9.77. The Hall–Kier alpha value is -4.08. The molecular weight excluding hydrogens is 492 g/mol. The summed E-state index contributed by atoms with van der Waals surface area (Å²) in [5, 5.41) is 16.1. The number of hydrogen-bond acceptors (Lipinski definition) is 6. The first kappa shape index (κ1) is 23.7. The normalized spacial score (nSPS) is 14.6. The summed E-state index contributed by atoms with van der Waals surface area (Å²) in [5.41, 5.74) is 3.73. The van der Waals surface area contributed by atoms with Crippen molar-refractivity contribution in [2.45, 2.75) is 6.42 Å². The highest BCUT2D eigenvalue weighted by atomic mass is 32.2. The van der Waals surface area contributed by atoms with Crippen LogP contribution in [0.2, 0.25) is 0 Å². The summed E-state index contributed by atoms with van der Waals surface area (Å²) in [4.78, 5) is 26.3. The van der Waals surface area contributed by atoms with E-state index in [1.165, 1.54) is 23.9 Å². The molecule has 0 spiro atoms. The van der Waals surface area contributed by atoms with E-state index in [0.29, 0.717) is 39.0 Å². The van der Waals surface area contributed by atoms with Crippen molar-refractivity contribution in [3.63, 3.8) is 0 Å². The highest BCUT2D eigenvalue weighted by Crippen LogP contribution is 2.35. The van der Waals surface area contributed by atoms with E-state index in [9.17, 15) is 14.9 Å². The second kappa shape index (κ2) is 10.3. The molecule has 0 radical (unpaired) electrons. The van der Waals surface area contributed by atoms with Gasteiger partial charge in [-0.25, -0.2) is 4.68 Å². The number of nitro benzene ring substituents is 1. The summed E-state index contributed by atoms with van der Waals surface area (Å²) in [7, 11) is 0. The number of nitro groups is 1. The lowest BCUT2D eigenvalue weighted by Crippen LogP contribution is -2.30. The summed E-state index contributed by atoms with van der Waals surface area (Å²) in [6.45, 7) is 0.493. The lowest BCUT2D eigenvalue weighted by Gasteiger charge is -2.14. The van der Waals surface area contributed by atoms with Crippen molar-refractivity contribution in [1.29, 1.82) is 0 Å². The molecule has 1 saturated heterocycles. The molecule has 178 valence electrons. The van der Waals surface area contributed by atoms with E-state index in [1.807, 2.05) is 66.9 Å². The maximum absolute atomic E-state index is 13.2. The molecule has 1 amide bonds. The molecule has 1 aromatic heterocycles. The van der Waals surface area contributed by atoms with E-state index < -0.39 is 4.92 Å². The lowest BCUT2D eigenvalue weighted by molar-refractivity contribution is -0.384. The third-order valence-electron chi connectivity index (χ3n) is 5.72. The maximum Gasteiger partial charge on any atom is 0.270 e. The zero-order chi connectivity index (χ0) is 25.1. The number of thiocarbonyl (C=S) groups is 1. The molecule has 36 heavy (non-hydrogen) atoms. The van der Waals surface area contributed by atoms with Crippen LogP contribution in [0.1, 0.15) is 11.1 Å². The molecule has 0 saturated carbocycles. The SMILES string of the molecule is O=C1C(=Cc2cn(-c3ccccc3)nc2-c2cccc([N+](=O)[O-])c2)SC(=S)N1CCc1ccccc1. The van der Waals surface area contributed by atoms with Crippen LogP contribution in [-0.2, 0) is 11.2 Å². The number of thioether (sulfide) groups is 1. The fraction of sp³-hybridized carbons (Fsp3) is 0.0741. The van der Waals surface area contributed by atoms with Crippen LogP contribution in [0, 0.1) is 10.1 Å². The van der Waals surface area contributed by atoms with Gasteiger partial charge < -0.3 is 0 Å². The van der Waals surface area contributed by atoms with E-state index in [1.54, 1.807) is 27.8 Å². The van der Waals surface area contributed by atoms with Crippen LogP contribution in [-0.4, -0.2) is 36.4 Å². The molecule has 0 bridgehead atoms. The largest absolute Gasteiger partial charge is 0.293 e. The van der Waals surface area contributed by atoms with Crippen molar-refractivity contribution in [1.82, 2.24) is 14.7 Å². The van der Waals surface area contributed by atoms with E-state index in [0.717, 1.165) is 11.3 Å². The average Bonchev–Trinajstić information content (AvgIpc) is 3.44. The van der Waals surface area contributed by atoms with Crippen LogP contribution in [0.15, 0.2) is 96.0 Å². The van der Waals surface area contributed by atoms with Gasteiger partial charge in [0.1, 0.15) is 10.0 Å². The summed E-state index contributed by atoms with van der Waals surface area (Å²) < 4.78 is 2.21. The van der Waals surface area contributed by atoms with Crippen LogP contribution in [0.5, 0.6) is 0 Å². The molecule has 1 fully saturated rings. The zero-order valence-corrected chi connectivity index (χ0v) is 20.6. The van der Waals surface area contributed by atoms with Gasteiger partial charge in [0.25, 0.3) is 11.6 Å². The van der Waals surface area contributed by atoms with Gasteiger partial charge in [0, 0.05) is 36.0 Å². The molecule has 0 unspecified atom stereocenters. The maximum atomic E-state index is 13.2. The number of para-hydroxylation sites is 1. The Morgan fingerprint density at radius 3 is 2.44 bits per heavy atom. The molecule has 2 heterocycles. The van der Waals surface area contributed by atoms with Crippen molar-refractivity contribution in [3.05, 3.63) is 117 Å². The van der Waals surface area contributed by atoms with Gasteiger partial charge in [-0.05, 0) is 30.2 Å². The Kier molecular flexibility index (Phi) is 6.75. The van der Waals surface area contributed by atoms with Crippen LogP contribution in [0.4, 0.5) is 5.69 Å². The first-order chi connectivity index (χ1) is 17.5. The van der Waals surface area contributed by atoms with Gasteiger partial charge in [-0.1, -0.05) is 84.6 Å². The van der Waals surface area contributed by atoms with Gasteiger partial charge in [-0.2, -0.15) is 5.10 Å². The molecule has 4 aromatic rings. The number of amides is 1. The summed E-state index contributed by atoms with van der Waals surface area (Å²) >= 11 is 6.76. The summed E-state index contributed by atoms with van der Waals surface area (Å²) in [6.07, 6.45) is 4.29. The fourth-order valence-electron chi connectivity index (χ4n) is 3.92. The first-order valence-electron chi connectivity index (χ1n) is 11.2. The predicted molar refractivity (Wildman–Crippen MR) is 146 cm³/mol. The van der Waals surface area contributed by atoms with E-state index in [4.69, 9.17) is 17.3 Å². The van der Waals surface area contributed by atoms with Crippen molar-refractivity contribution in [3.8, 4) is 16.9 Å². The standard InChI is InChI=1S/C27H20N4O3S2/c32-26-24(36-27(35)29(26)15-14-19-8-3-1-4-9-19)17-21-18-30(22-11-5-2-6-12-22)28-25(21)20-10-7-13-23(16-20)31(33)34/h1-13,16-18H,14-15H2. The Morgan fingerprint density at radius 1 is 1.00 bits per heavy atom. The number of rotatable bonds is 7. The molecule has 3 aromatic carbocycles. The molecular formula is C27H20N4O3S2. The summed E-state index contributed by atoms with van der Waals surface area (Å²) in [5.74, 6) is -0.154. The van der Waals surface area contributed by atoms with E-state index in [2.05, 4.69) is 0 Å². The van der Waals surface area contributed by atoms with Gasteiger partial charge in [-0.15, -0.1) is 0 Å². The number of non-ortho nitro benzene ring substituents is 1. The number of nitrogens with zero attached hydrogens (tertiary/aromatic N) is 4. The predicted octanol–water partition coefficient (Wildman–Crippen LogP) is 5.89. The van der Waals surface area contributed by atoms with Crippen molar-refractivity contribution >= 4 is 46.0 Å². The zero-order valence-electron chi connectivity index (χ0n) is 19.0. The minimum absolute atomic E-state index is 0.0278. The minimum atomic E-state index is -0.435. The van der Waals surface area contributed by atoms with Gasteiger partial charge in [0.05, 0.1) is 15.5 Å². The van der Waals surface area contributed by atoms with Crippen LogP contribution < -0.4 is 0 Å². The van der Waals surface area contributed by atoms with Crippen LogP contribution >= 0.6 is 24.0 Å². The highest BCUT2D eigenvalue weighted by molar-refractivity contribution is 8.26. The number of hydrogen-bond donors (Lipinski definition) is 0. The molecule has 0 aliphatic carbocycles. The third-order valence-corrected chi connectivity index (χ3v) is 7.10. The van der Waals surface area contributed by atoms with Crippen molar-refractivity contribution in [2.75, 3.05) is 6.54 Å². The molecule has 7 nitrogen and oxygen atoms in total. The van der Waals surface area contributed by atoms with Crippen molar-refractivity contribution in [2.24, 2.45) is 0 Å².